The van der Waals surface area contributed by atoms with Crippen LogP contribution in [-0.2, 0) is 6.42 Å². The van der Waals surface area contributed by atoms with Gasteiger partial charge in [0.2, 0.25) is 0 Å². The fourth-order valence-corrected chi connectivity index (χ4v) is 2.56. The number of benzene rings is 1. The average molecular weight is 262 g/mol. The fourth-order valence-electron chi connectivity index (χ4n) is 2.43. The van der Waals surface area contributed by atoms with Crippen molar-refractivity contribution in [2.45, 2.75) is 26.2 Å². The maximum absolute atomic E-state index is 5.93. The molecule has 0 radical (unpaired) electrons. The van der Waals surface area contributed by atoms with Crippen LogP contribution in [0.3, 0.4) is 0 Å². The number of aromatic nitrogens is 2. The average Bonchev–Trinajstić information content (AvgIpc) is 2.91. The van der Waals surface area contributed by atoms with Gasteiger partial charge < -0.3 is 5.32 Å². The zero-order chi connectivity index (χ0) is 12.7. The Labute approximate surface area is 112 Å². The summed E-state index contributed by atoms with van der Waals surface area (Å²) in [7, 11) is 0. The van der Waals surface area contributed by atoms with Crippen molar-refractivity contribution >= 4 is 17.4 Å². The van der Waals surface area contributed by atoms with Crippen molar-refractivity contribution < 1.29 is 0 Å². The van der Waals surface area contributed by atoms with Gasteiger partial charge in [0.1, 0.15) is 5.82 Å². The molecule has 3 rings (SSSR count). The van der Waals surface area contributed by atoms with Gasteiger partial charge in [0.05, 0.1) is 11.4 Å². The third-order valence-electron chi connectivity index (χ3n) is 3.30. The first-order valence-electron chi connectivity index (χ1n) is 6.28. The van der Waals surface area contributed by atoms with Crippen molar-refractivity contribution in [2.24, 2.45) is 0 Å². The summed E-state index contributed by atoms with van der Waals surface area (Å²) in [6, 6.07) is 7.80. The summed E-state index contributed by atoms with van der Waals surface area (Å²) >= 11 is 5.93. The summed E-state index contributed by atoms with van der Waals surface area (Å²) in [5.74, 6) is 1.59. The Morgan fingerprint density at radius 2 is 2.00 bits per heavy atom. The van der Waals surface area contributed by atoms with E-state index in [9.17, 15) is 0 Å². The standard InChI is InChI=1S/C14H16ClN3/c1-9(2)13-12-7-8-16-14(12)18(17-13)11-5-3-10(15)4-6-11/h3-6,9,16H,7-8H2,1-2H3. The molecule has 0 amide bonds. The van der Waals surface area contributed by atoms with Gasteiger partial charge in [0.15, 0.2) is 0 Å². The molecular formula is C14H16ClN3. The fraction of sp³-hybridized carbons (Fsp3) is 0.357. The third-order valence-corrected chi connectivity index (χ3v) is 3.55. The summed E-state index contributed by atoms with van der Waals surface area (Å²) in [6.07, 6.45) is 1.07. The molecule has 1 aromatic carbocycles. The first kappa shape index (κ1) is 11.6. The van der Waals surface area contributed by atoms with Gasteiger partial charge >= 0.3 is 0 Å². The largest absolute Gasteiger partial charge is 0.369 e. The number of hydrogen-bond acceptors (Lipinski definition) is 2. The van der Waals surface area contributed by atoms with Gasteiger partial charge in [0, 0.05) is 17.1 Å². The molecule has 4 heteroatoms. The third kappa shape index (κ3) is 1.79. The van der Waals surface area contributed by atoms with Gasteiger partial charge in [0.25, 0.3) is 0 Å². The molecule has 0 bridgehead atoms. The summed E-state index contributed by atoms with van der Waals surface area (Å²) in [6.45, 7) is 5.38. The van der Waals surface area contributed by atoms with Crippen LogP contribution in [0.5, 0.6) is 0 Å². The van der Waals surface area contributed by atoms with E-state index in [0.717, 1.165) is 29.5 Å². The topological polar surface area (TPSA) is 29.9 Å². The number of rotatable bonds is 2. The molecule has 1 aliphatic heterocycles. The van der Waals surface area contributed by atoms with Crippen molar-refractivity contribution in [2.75, 3.05) is 11.9 Å². The highest BCUT2D eigenvalue weighted by atomic mass is 35.5. The van der Waals surface area contributed by atoms with Crippen LogP contribution in [0.25, 0.3) is 5.69 Å². The van der Waals surface area contributed by atoms with Crippen LogP contribution in [0.2, 0.25) is 5.02 Å². The van der Waals surface area contributed by atoms with Crippen LogP contribution >= 0.6 is 11.6 Å². The molecule has 18 heavy (non-hydrogen) atoms. The zero-order valence-corrected chi connectivity index (χ0v) is 11.3. The van der Waals surface area contributed by atoms with Gasteiger partial charge in [-0.15, -0.1) is 0 Å². The number of fused-ring (bicyclic) bond motifs is 1. The Hall–Kier alpha value is -1.48. The van der Waals surface area contributed by atoms with Crippen molar-refractivity contribution in [1.82, 2.24) is 9.78 Å². The molecule has 2 aromatic rings. The van der Waals surface area contributed by atoms with Crippen molar-refractivity contribution in [3.05, 3.63) is 40.5 Å². The molecule has 1 aliphatic rings. The highest BCUT2D eigenvalue weighted by Gasteiger charge is 2.24. The molecule has 2 heterocycles. The molecule has 0 saturated heterocycles. The van der Waals surface area contributed by atoms with E-state index >= 15 is 0 Å². The number of hydrogen-bond donors (Lipinski definition) is 1. The summed E-state index contributed by atoms with van der Waals surface area (Å²) in [5, 5.41) is 8.92. The highest BCUT2D eigenvalue weighted by Crippen LogP contribution is 2.32. The van der Waals surface area contributed by atoms with E-state index in [2.05, 4.69) is 19.2 Å². The van der Waals surface area contributed by atoms with Crippen LogP contribution in [0, 0.1) is 0 Å². The van der Waals surface area contributed by atoms with E-state index in [4.69, 9.17) is 16.7 Å². The molecule has 0 saturated carbocycles. The molecule has 0 aliphatic carbocycles. The summed E-state index contributed by atoms with van der Waals surface area (Å²) < 4.78 is 1.99. The smallest absolute Gasteiger partial charge is 0.133 e. The summed E-state index contributed by atoms with van der Waals surface area (Å²) in [4.78, 5) is 0. The van der Waals surface area contributed by atoms with Crippen LogP contribution in [-0.4, -0.2) is 16.3 Å². The SMILES string of the molecule is CC(C)c1nn(-c2ccc(Cl)cc2)c2c1CCN2. The molecule has 1 N–H and O–H groups in total. The zero-order valence-electron chi connectivity index (χ0n) is 10.6. The lowest BCUT2D eigenvalue weighted by Crippen LogP contribution is -2.05. The molecule has 0 atom stereocenters. The second kappa shape index (κ2) is 4.32. The molecule has 0 spiro atoms. The van der Waals surface area contributed by atoms with E-state index in [1.165, 1.54) is 11.3 Å². The lowest BCUT2D eigenvalue weighted by atomic mass is 10.1. The van der Waals surface area contributed by atoms with Crippen molar-refractivity contribution in [3.8, 4) is 5.69 Å². The lowest BCUT2D eigenvalue weighted by Gasteiger charge is -2.06. The number of nitrogens with one attached hydrogen (secondary N) is 1. The second-order valence-corrected chi connectivity index (χ2v) is 5.37. The Morgan fingerprint density at radius 3 is 2.67 bits per heavy atom. The minimum absolute atomic E-state index is 0.451. The Morgan fingerprint density at radius 1 is 1.28 bits per heavy atom. The molecule has 1 aromatic heterocycles. The lowest BCUT2D eigenvalue weighted by molar-refractivity contribution is 0.756. The van der Waals surface area contributed by atoms with E-state index < -0.39 is 0 Å². The van der Waals surface area contributed by atoms with Crippen molar-refractivity contribution in [3.63, 3.8) is 0 Å². The van der Waals surface area contributed by atoms with Gasteiger partial charge in [-0.05, 0) is 36.6 Å². The van der Waals surface area contributed by atoms with Crippen LogP contribution in [0.4, 0.5) is 5.82 Å². The quantitative estimate of drug-likeness (QED) is 0.895. The Balaban J connectivity index is 2.13. The van der Waals surface area contributed by atoms with E-state index in [1.54, 1.807) is 0 Å². The van der Waals surface area contributed by atoms with Gasteiger partial charge in [-0.3, -0.25) is 0 Å². The highest BCUT2D eigenvalue weighted by molar-refractivity contribution is 6.30. The van der Waals surface area contributed by atoms with Gasteiger partial charge in [-0.1, -0.05) is 25.4 Å². The van der Waals surface area contributed by atoms with Crippen molar-refractivity contribution in [1.29, 1.82) is 0 Å². The van der Waals surface area contributed by atoms with Crippen LogP contribution < -0.4 is 5.32 Å². The minimum Gasteiger partial charge on any atom is -0.369 e. The normalized spacial score (nSPS) is 13.8. The molecule has 3 nitrogen and oxygen atoms in total. The van der Waals surface area contributed by atoms with Crippen LogP contribution in [0.15, 0.2) is 24.3 Å². The predicted octanol–water partition coefficient (Wildman–Crippen LogP) is 3.62. The Kier molecular flexibility index (Phi) is 2.78. The number of nitrogens with zero attached hydrogens (tertiary/aromatic N) is 2. The monoisotopic (exact) mass is 261 g/mol. The first-order valence-corrected chi connectivity index (χ1v) is 6.66. The van der Waals surface area contributed by atoms with Gasteiger partial charge in [-0.25, -0.2) is 4.68 Å². The van der Waals surface area contributed by atoms with E-state index in [0.29, 0.717) is 5.92 Å². The number of halogens is 1. The minimum atomic E-state index is 0.451. The molecule has 0 unspecified atom stereocenters. The Bertz CT molecular complexity index is 569. The van der Waals surface area contributed by atoms with E-state index in [1.807, 2.05) is 28.9 Å². The maximum Gasteiger partial charge on any atom is 0.133 e. The van der Waals surface area contributed by atoms with Crippen LogP contribution in [0.1, 0.15) is 31.0 Å². The summed E-state index contributed by atoms with van der Waals surface area (Å²) in [5.41, 5.74) is 3.61. The van der Waals surface area contributed by atoms with E-state index in [-0.39, 0.29) is 0 Å². The van der Waals surface area contributed by atoms with Gasteiger partial charge in [-0.2, -0.15) is 5.10 Å². The molecular weight excluding hydrogens is 246 g/mol. The second-order valence-electron chi connectivity index (χ2n) is 4.93. The maximum atomic E-state index is 5.93. The first-order chi connectivity index (χ1) is 8.66. The predicted molar refractivity (Wildman–Crippen MR) is 74.9 cm³/mol. The number of anilines is 1. The molecule has 94 valence electrons. The molecule has 0 fully saturated rings.